The molecule has 6 nitrogen and oxygen atoms in total. The molecule has 26 heavy (non-hydrogen) atoms. The van der Waals surface area contributed by atoms with Crippen LogP contribution in [0, 0.1) is 0 Å². The van der Waals surface area contributed by atoms with Crippen LogP contribution in [0.5, 0.6) is 17.2 Å². The molecule has 0 atom stereocenters. The highest BCUT2D eigenvalue weighted by Crippen LogP contribution is 2.35. The number of phenols is 1. The first-order valence-electron chi connectivity index (χ1n) is 7.87. The molecule has 0 fully saturated rings. The molecular weight excluding hydrogens is 404 g/mol. The number of esters is 1. The van der Waals surface area contributed by atoms with E-state index in [1.165, 1.54) is 26.2 Å². The Morgan fingerprint density at radius 2 is 1.85 bits per heavy atom. The highest BCUT2D eigenvalue weighted by Gasteiger charge is 2.16. The molecule has 0 aliphatic rings. The van der Waals surface area contributed by atoms with Gasteiger partial charge in [0.15, 0.2) is 17.3 Å². The molecular formula is C19H19BrO6. The van der Waals surface area contributed by atoms with Crippen LogP contribution in [0.4, 0.5) is 0 Å². The van der Waals surface area contributed by atoms with Crippen molar-refractivity contribution in [3.8, 4) is 17.2 Å². The van der Waals surface area contributed by atoms with Crippen LogP contribution in [0.2, 0.25) is 0 Å². The van der Waals surface area contributed by atoms with Crippen molar-refractivity contribution in [2.45, 2.75) is 20.5 Å². The fourth-order valence-corrected chi connectivity index (χ4v) is 2.72. The number of carbonyl (C=O) groups is 2. The Morgan fingerprint density at radius 3 is 2.46 bits per heavy atom. The first kappa shape index (κ1) is 19.8. The lowest BCUT2D eigenvalue weighted by Gasteiger charge is -2.13. The van der Waals surface area contributed by atoms with Gasteiger partial charge in [0.25, 0.3) is 0 Å². The minimum absolute atomic E-state index is 0.0594. The summed E-state index contributed by atoms with van der Waals surface area (Å²) in [5, 5.41) is 9.82. The normalized spacial score (nSPS) is 10.3. The molecule has 1 N–H and O–H groups in total. The summed E-state index contributed by atoms with van der Waals surface area (Å²) < 4.78 is 16.2. The largest absolute Gasteiger partial charge is 0.503 e. The maximum atomic E-state index is 12.3. The van der Waals surface area contributed by atoms with Crippen LogP contribution in [0.25, 0.3) is 0 Å². The number of rotatable bonds is 7. The number of hydrogen-bond donors (Lipinski definition) is 1. The Bertz CT molecular complexity index is 831. The molecule has 0 saturated heterocycles. The second-order valence-corrected chi connectivity index (χ2v) is 6.25. The summed E-state index contributed by atoms with van der Waals surface area (Å²) in [7, 11) is 1.39. The summed E-state index contributed by atoms with van der Waals surface area (Å²) in [4.78, 5) is 23.9. The highest BCUT2D eigenvalue weighted by molar-refractivity contribution is 9.10. The van der Waals surface area contributed by atoms with Crippen LogP contribution in [0.15, 0.2) is 34.8 Å². The lowest BCUT2D eigenvalue weighted by Crippen LogP contribution is -2.08. The maximum Gasteiger partial charge on any atom is 0.338 e. The monoisotopic (exact) mass is 422 g/mol. The second-order valence-electron chi connectivity index (χ2n) is 5.40. The van der Waals surface area contributed by atoms with E-state index in [-0.39, 0.29) is 29.5 Å². The maximum absolute atomic E-state index is 12.3. The number of ketones is 1. The number of ether oxygens (including phenoxy) is 3. The molecule has 0 aliphatic heterocycles. The van der Waals surface area contributed by atoms with Gasteiger partial charge in [-0.2, -0.15) is 0 Å². The molecule has 7 heteroatoms. The summed E-state index contributed by atoms with van der Waals surface area (Å²) in [5.74, 6) is -0.0842. The third-order valence-electron chi connectivity index (χ3n) is 3.61. The molecule has 0 unspecified atom stereocenters. The average Bonchev–Trinajstić information content (AvgIpc) is 2.62. The van der Waals surface area contributed by atoms with Gasteiger partial charge in [-0.15, -0.1) is 0 Å². The smallest absolute Gasteiger partial charge is 0.338 e. The SMILES string of the molecule is CCOc1ccc(C(C)=O)cc1COC(=O)c1cc(Br)c(O)c(OC)c1. The molecule has 2 aromatic rings. The van der Waals surface area contributed by atoms with Crippen molar-refractivity contribution in [3.63, 3.8) is 0 Å². The Hall–Kier alpha value is -2.54. The van der Waals surface area contributed by atoms with Crippen LogP contribution in [0.1, 0.15) is 40.1 Å². The third kappa shape index (κ3) is 4.54. The first-order chi connectivity index (χ1) is 12.4. The minimum Gasteiger partial charge on any atom is -0.503 e. The van der Waals surface area contributed by atoms with Crippen LogP contribution in [-0.2, 0) is 11.3 Å². The number of Topliss-reactive ketones (excluding diaryl/α,β-unsaturated/α-hetero) is 1. The van der Waals surface area contributed by atoms with Gasteiger partial charge in [-0.05, 0) is 60.1 Å². The number of hydrogen-bond acceptors (Lipinski definition) is 6. The molecule has 0 spiro atoms. The van der Waals surface area contributed by atoms with Gasteiger partial charge in [-0.25, -0.2) is 4.79 Å². The Kier molecular flexibility index (Phi) is 6.63. The Labute approximate surface area is 159 Å². The summed E-state index contributed by atoms with van der Waals surface area (Å²) in [6, 6.07) is 7.83. The van der Waals surface area contributed by atoms with Gasteiger partial charge < -0.3 is 19.3 Å². The van der Waals surface area contributed by atoms with E-state index < -0.39 is 5.97 Å². The van der Waals surface area contributed by atoms with Gasteiger partial charge >= 0.3 is 5.97 Å². The number of aromatic hydroxyl groups is 1. The Morgan fingerprint density at radius 1 is 1.12 bits per heavy atom. The van der Waals surface area contributed by atoms with Crippen LogP contribution in [0.3, 0.4) is 0 Å². The molecule has 0 aromatic heterocycles. The van der Waals surface area contributed by atoms with E-state index in [0.717, 1.165) is 0 Å². The molecule has 0 radical (unpaired) electrons. The van der Waals surface area contributed by atoms with E-state index in [0.29, 0.717) is 28.0 Å². The quantitative estimate of drug-likeness (QED) is 0.533. The topological polar surface area (TPSA) is 82.1 Å². The van der Waals surface area contributed by atoms with E-state index >= 15 is 0 Å². The third-order valence-corrected chi connectivity index (χ3v) is 4.21. The van der Waals surface area contributed by atoms with Crippen molar-refractivity contribution >= 4 is 27.7 Å². The van der Waals surface area contributed by atoms with Crippen molar-refractivity contribution in [1.82, 2.24) is 0 Å². The molecule has 0 amide bonds. The summed E-state index contributed by atoms with van der Waals surface area (Å²) in [6.45, 7) is 3.69. The van der Waals surface area contributed by atoms with Gasteiger partial charge in [0.2, 0.25) is 0 Å². The predicted octanol–water partition coefficient (Wildman–Crippen LogP) is 4.12. The lowest BCUT2D eigenvalue weighted by molar-refractivity contribution is 0.0469. The van der Waals surface area contributed by atoms with E-state index in [1.807, 2.05) is 6.92 Å². The number of phenolic OH excluding ortho intramolecular Hbond substituents is 1. The highest BCUT2D eigenvalue weighted by atomic mass is 79.9. The van der Waals surface area contributed by atoms with Gasteiger partial charge in [-0.3, -0.25) is 4.79 Å². The van der Waals surface area contributed by atoms with Crippen LogP contribution in [-0.4, -0.2) is 30.6 Å². The lowest BCUT2D eigenvalue weighted by atomic mass is 10.1. The summed E-state index contributed by atoms with van der Waals surface area (Å²) in [6.07, 6.45) is 0. The Balaban J connectivity index is 2.22. The van der Waals surface area contributed by atoms with Gasteiger partial charge in [-0.1, -0.05) is 0 Å². The molecule has 0 bridgehead atoms. The zero-order chi connectivity index (χ0) is 19.3. The zero-order valence-corrected chi connectivity index (χ0v) is 16.3. The molecule has 0 heterocycles. The molecule has 2 rings (SSSR count). The van der Waals surface area contributed by atoms with Crippen molar-refractivity contribution in [1.29, 1.82) is 0 Å². The van der Waals surface area contributed by atoms with Gasteiger partial charge in [0.1, 0.15) is 12.4 Å². The molecule has 0 aliphatic carbocycles. The average molecular weight is 423 g/mol. The zero-order valence-electron chi connectivity index (χ0n) is 14.7. The molecule has 0 saturated carbocycles. The minimum atomic E-state index is -0.598. The second kappa shape index (κ2) is 8.71. The van der Waals surface area contributed by atoms with Crippen molar-refractivity contribution in [2.75, 3.05) is 13.7 Å². The number of methoxy groups -OCH3 is 1. The molecule has 2 aromatic carbocycles. The standard InChI is InChI=1S/C19H19BrO6/c1-4-25-16-6-5-12(11(2)21)7-14(16)10-26-19(23)13-8-15(20)18(22)17(9-13)24-3/h5-9,22H,4,10H2,1-3H3. The summed E-state index contributed by atoms with van der Waals surface area (Å²) in [5.41, 5.74) is 1.32. The number of carbonyl (C=O) groups excluding carboxylic acids is 2. The number of benzene rings is 2. The predicted molar refractivity (Wildman–Crippen MR) is 99.1 cm³/mol. The summed E-state index contributed by atoms with van der Waals surface area (Å²) >= 11 is 3.16. The fourth-order valence-electron chi connectivity index (χ4n) is 2.28. The van der Waals surface area contributed by atoms with Gasteiger partial charge in [0, 0.05) is 11.1 Å². The van der Waals surface area contributed by atoms with Gasteiger partial charge in [0.05, 0.1) is 23.8 Å². The van der Waals surface area contributed by atoms with E-state index in [2.05, 4.69) is 15.9 Å². The van der Waals surface area contributed by atoms with E-state index in [4.69, 9.17) is 14.2 Å². The van der Waals surface area contributed by atoms with Crippen LogP contribution >= 0.6 is 15.9 Å². The van der Waals surface area contributed by atoms with Crippen molar-refractivity contribution in [2.24, 2.45) is 0 Å². The molecule has 138 valence electrons. The van der Waals surface area contributed by atoms with E-state index in [1.54, 1.807) is 18.2 Å². The number of halogens is 1. The van der Waals surface area contributed by atoms with Crippen molar-refractivity contribution in [3.05, 3.63) is 51.5 Å². The van der Waals surface area contributed by atoms with E-state index in [9.17, 15) is 14.7 Å². The van der Waals surface area contributed by atoms with Crippen molar-refractivity contribution < 1.29 is 28.9 Å². The fraction of sp³-hybridized carbons (Fsp3) is 0.263. The van der Waals surface area contributed by atoms with Crippen LogP contribution < -0.4 is 9.47 Å². The first-order valence-corrected chi connectivity index (χ1v) is 8.67.